The van der Waals surface area contributed by atoms with Crippen molar-refractivity contribution in [3.05, 3.63) is 23.0 Å². The molecule has 8 heteroatoms. The number of hydrogen-bond donors (Lipinski definition) is 3. The topological polar surface area (TPSA) is 92.4 Å². The van der Waals surface area contributed by atoms with Gasteiger partial charge in [-0.25, -0.2) is 17.5 Å². The molecule has 0 aliphatic rings. The molecule has 1 aromatic rings. The maximum absolute atomic E-state index is 13.7. The minimum atomic E-state index is -4.11. The summed E-state index contributed by atoms with van der Waals surface area (Å²) in [5, 5.41) is 8.58. The SMILES string of the molecule is CC[C@@H](CO)NS(=O)(=O)c1cc(N)cc(Cl)c1F. The highest BCUT2D eigenvalue weighted by atomic mass is 35.5. The quantitative estimate of drug-likeness (QED) is 0.710. The smallest absolute Gasteiger partial charge is 0.243 e. The summed E-state index contributed by atoms with van der Waals surface area (Å²) in [4.78, 5) is -0.626. The predicted octanol–water partition coefficient (Wildman–Crippen LogP) is 1.11. The Hall–Kier alpha value is -0.890. The van der Waals surface area contributed by atoms with Crippen molar-refractivity contribution in [3.8, 4) is 0 Å². The van der Waals surface area contributed by atoms with Crippen LogP contribution in [0.4, 0.5) is 10.1 Å². The van der Waals surface area contributed by atoms with Crippen LogP contribution in [0.25, 0.3) is 0 Å². The second kappa shape index (κ2) is 5.83. The van der Waals surface area contributed by atoms with Gasteiger partial charge in [0.05, 0.1) is 11.6 Å². The van der Waals surface area contributed by atoms with Crippen LogP contribution in [-0.4, -0.2) is 26.2 Å². The standard InChI is InChI=1S/C10H14ClFN2O3S/c1-2-7(5-15)14-18(16,17)9-4-6(13)3-8(11)10(9)12/h3-4,7,14-15H,2,5,13H2,1H3/t7-/m0/s1. The molecular formula is C10H14ClFN2O3S. The van der Waals surface area contributed by atoms with Crippen molar-refractivity contribution in [2.24, 2.45) is 0 Å². The summed E-state index contributed by atoms with van der Waals surface area (Å²) in [6.07, 6.45) is 0.368. The van der Waals surface area contributed by atoms with Crippen molar-refractivity contribution in [1.29, 1.82) is 0 Å². The minimum absolute atomic E-state index is 0.0406. The van der Waals surface area contributed by atoms with Crippen molar-refractivity contribution in [2.45, 2.75) is 24.3 Å². The first-order valence-corrected chi connectivity index (χ1v) is 7.05. The van der Waals surface area contributed by atoms with Crippen molar-refractivity contribution in [3.63, 3.8) is 0 Å². The second-order valence-electron chi connectivity index (χ2n) is 3.72. The Bertz CT molecular complexity index is 532. The molecule has 0 spiro atoms. The van der Waals surface area contributed by atoms with Crippen LogP contribution in [0.1, 0.15) is 13.3 Å². The van der Waals surface area contributed by atoms with Crippen LogP contribution >= 0.6 is 11.6 Å². The Labute approximate surface area is 110 Å². The Kier molecular flexibility index (Phi) is 4.92. The molecule has 0 aliphatic carbocycles. The fourth-order valence-corrected chi connectivity index (χ4v) is 3.04. The summed E-state index contributed by atoms with van der Waals surface area (Å²) in [7, 11) is -4.11. The summed E-state index contributed by atoms with van der Waals surface area (Å²) in [6.45, 7) is 1.31. The van der Waals surface area contributed by atoms with Crippen LogP contribution in [0.15, 0.2) is 17.0 Å². The van der Waals surface area contributed by atoms with Gasteiger partial charge >= 0.3 is 0 Å². The molecule has 0 fully saturated rings. The zero-order valence-electron chi connectivity index (χ0n) is 9.65. The molecule has 0 aliphatic heterocycles. The highest BCUT2D eigenvalue weighted by Crippen LogP contribution is 2.25. The lowest BCUT2D eigenvalue weighted by Crippen LogP contribution is -2.37. The highest BCUT2D eigenvalue weighted by Gasteiger charge is 2.24. The third-order valence-electron chi connectivity index (χ3n) is 2.34. The molecule has 5 nitrogen and oxygen atoms in total. The third kappa shape index (κ3) is 3.32. The van der Waals surface area contributed by atoms with Crippen molar-refractivity contribution < 1.29 is 17.9 Å². The van der Waals surface area contributed by atoms with Crippen LogP contribution in [0.3, 0.4) is 0 Å². The Morgan fingerprint density at radius 2 is 2.17 bits per heavy atom. The van der Waals surface area contributed by atoms with Gasteiger partial charge in [-0.1, -0.05) is 18.5 Å². The van der Waals surface area contributed by atoms with E-state index < -0.39 is 26.8 Å². The van der Waals surface area contributed by atoms with Gasteiger partial charge in [0, 0.05) is 11.7 Å². The molecule has 0 saturated carbocycles. The van der Waals surface area contributed by atoms with E-state index in [2.05, 4.69) is 4.72 Å². The van der Waals surface area contributed by atoms with E-state index in [9.17, 15) is 12.8 Å². The number of nitrogens with two attached hydrogens (primary N) is 1. The monoisotopic (exact) mass is 296 g/mol. The fourth-order valence-electron chi connectivity index (χ4n) is 1.31. The summed E-state index contributed by atoms with van der Waals surface area (Å²) >= 11 is 5.53. The molecule has 0 radical (unpaired) electrons. The largest absolute Gasteiger partial charge is 0.399 e. The van der Waals surface area contributed by atoms with Crippen LogP contribution < -0.4 is 10.5 Å². The molecule has 4 N–H and O–H groups in total. The van der Waals surface area contributed by atoms with Gasteiger partial charge < -0.3 is 10.8 Å². The molecule has 18 heavy (non-hydrogen) atoms. The van der Waals surface area contributed by atoms with Crippen LogP contribution in [0.5, 0.6) is 0 Å². The molecule has 0 amide bonds. The van der Waals surface area contributed by atoms with E-state index in [0.29, 0.717) is 6.42 Å². The maximum atomic E-state index is 13.7. The summed E-state index contributed by atoms with van der Waals surface area (Å²) in [6, 6.07) is 1.42. The summed E-state index contributed by atoms with van der Waals surface area (Å²) in [5.41, 5.74) is 5.47. The molecular weight excluding hydrogens is 283 g/mol. The fraction of sp³-hybridized carbons (Fsp3) is 0.400. The maximum Gasteiger partial charge on any atom is 0.243 e. The molecule has 0 aromatic heterocycles. The number of hydrogen-bond acceptors (Lipinski definition) is 4. The van der Waals surface area contributed by atoms with Gasteiger partial charge in [0.2, 0.25) is 10.0 Å². The van der Waals surface area contributed by atoms with Gasteiger partial charge in [0.15, 0.2) is 5.82 Å². The molecule has 0 bridgehead atoms. The van der Waals surface area contributed by atoms with Crippen molar-refractivity contribution >= 4 is 27.3 Å². The molecule has 1 rings (SSSR count). The number of sulfonamides is 1. The Morgan fingerprint density at radius 3 is 2.67 bits per heavy atom. The number of benzene rings is 1. The lowest BCUT2D eigenvalue weighted by molar-refractivity contribution is 0.253. The zero-order valence-corrected chi connectivity index (χ0v) is 11.2. The van der Waals surface area contributed by atoms with E-state index >= 15 is 0 Å². The molecule has 0 heterocycles. The van der Waals surface area contributed by atoms with Crippen LogP contribution in [0, 0.1) is 5.82 Å². The number of aliphatic hydroxyl groups excluding tert-OH is 1. The lowest BCUT2D eigenvalue weighted by Gasteiger charge is -2.15. The molecule has 102 valence electrons. The van der Waals surface area contributed by atoms with Gasteiger partial charge in [-0.05, 0) is 18.6 Å². The average Bonchev–Trinajstić information content (AvgIpc) is 2.30. The van der Waals surface area contributed by atoms with E-state index in [4.69, 9.17) is 22.4 Å². The molecule has 1 atom stereocenters. The minimum Gasteiger partial charge on any atom is -0.399 e. The summed E-state index contributed by atoms with van der Waals surface area (Å²) < 4.78 is 39.7. The first-order chi connectivity index (χ1) is 8.31. The number of nitrogens with one attached hydrogen (secondary N) is 1. The Morgan fingerprint density at radius 1 is 1.56 bits per heavy atom. The number of anilines is 1. The predicted molar refractivity (Wildman–Crippen MR) is 67.3 cm³/mol. The first-order valence-electron chi connectivity index (χ1n) is 5.19. The second-order valence-corrected chi connectivity index (χ2v) is 5.81. The van der Waals surface area contributed by atoms with Crippen molar-refractivity contribution in [2.75, 3.05) is 12.3 Å². The van der Waals surface area contributed by atoms with Gasteiger partial charge in [-0.2, -0.15) is 0 Å². The van der Waals surface area contributed by atoms with E-state index in [-0.39, 0.29) is 17.3 Å². The van der Waals surface area contributed by atoms with Gasteiger partial charge in [-0.3, -0.25) is 0 Å². The third-order valence-corrected chi connectivity index (χ3v) is 4.14. The Balaban J connectivity index is 3.20. The normalized spacial score (nSPS) is 13.6. The first kappa shape index (κ1) is 15.2. The number of aliphatic hydroxyl groups is 1. The number of halogens is 2. The van der Waals surface area contributed by atoms with E-state index in [1.54, 1.807) is 6.92 Å². The lowest BCUT2D eigenvalue weighted by atomic mass is 10.3. The van der Waals surface area contributed by atoms with Crippen molar-refractivity contribution in [1.82, 2.24) is 4.72 Å². The molecule has 0 saturated heterocycles. The van der Waals surface area contributed by atoms with Gasteiger partial charge in [-0.15, -0.1) is 0 Å². The molecule has 0 unspecified atom stereocenters. The number of rotatable bonds is 5. The van der Waals surface area contributed by atoms with E-state index in [1.165, 1.54) is 0 Å². The number of nitrogen functional groups attached to an aromatic ring is 1. The van der Waals surface area contributed by atoms with Crippen LogP contribution in [-0.2, 0) is 10.0 Å². The summed E-state index contributed by atoms with van der Waals surface area (Å²) in [5.74, 6) is -1.06. The zero-order chi connectivity index (χ0) is 13.9. The van der Waals surface area contributed by atoms with Gasteiger partial charge in [0.25, 0.3) is 0 Å². The van der Waals surface area contributed by atoms with Crippen LogP contribution in [0.2, 0.25) is 5.02 Å². The van der Waals surface area contributed by atoms with E-state index in [1.807, 2.05) is 0 Å². The highest BCUT2D eigenvalue weighted by molar-refractivity contribution is 7.89. The van der Waals surface area contributed by atoms with Gasteiger partial charge in [0.1, 0.15) is 4.90 Å². The average molecular weight is 297 g/mol. The van der Waals surface area contributed by atoms with E-state index in [0.717, 1.165) is 12.1 Å². The molecule has 1 aromatic carbocycles.